The lowest BCUT2D eigenvalue weighted by Gasteiger charge is -2.21. The van der Waals surface area contributed by atoms with Crippen LogP contribution >= 0.6 is 0 Å². The number of rotatable bonds is 4. The van der Waals surface area contributed by atoms with Crippen molar-refractivity contribution in [3.05, 3.63) is 52.3 Å². The summed E-state index contributed by atoms with van der Waals surface area (Å²) < 4.78 is 18.5. The highest BCUT2D eigenvalue weighted by molar-refractivity contribution is 5.93. The van der Waals surface area contributed by atoms with Crippen molar-refractivity contribution in [3.63, 3.8) is 0 Å². The third-order valence-electron chi connectivity index (χ3n) is 5.59. The van der Waals surface area contributed by atoms with Crippen LogP contribution in [0.15, 0.2) is 35.5 Å². The Morgan fingerprint density at radius 3 is 2.71 bits per heavy atom. The van der Waals surface area contributed by atoms with E-state index >= 15 is 0 Å². The molecule has 1 aliphatic heterocycles. The summed E-state index contributed by atoms with van der Waals surface area (Å²) in [7, 11) is 0. The molecular formula is C19H18FN5O3. The molecular weight excluding hydrogens is 365 g/mol. The van der Waals surface area contributed by atoms with Crippen LogP contribution < -0.4 is 10.3 Å². The molecule has 5 rings (SSSR count). The fourth-order valence-corrected chi connectivity index (χ4v) is 4.00. The number of halogens is 1. The number of aromatic nitrogens is 4. The van der Waals surface area contributed by atoms with E-state index < -0.39 is 17.2 Å². The van der Waals surface area contributed by atoms with Crippen LogP contribution in [0.3, 0.4) is 0 Å². The van der Waals surface area contributed by atoms with E-state index in [1.807, 2.05) is 9.47 Å². The lowest BCUT2D eigenvalue weighted by atomic mass is 10.1. The second kappa shape index (κ2) is 6.15. The molecule has 0 amide bonds. The summed E-state index contributed by atoms with van der Waals surface area (Å²) >= 11 is 0. The number of nitrogens with zero attached hydrogens (tertiary/aromatic N) is 5. The monoisotopic (exact) mass is 383 g/mol. The molecule has 0 bridgehead atoms. The van der Waals surface area contributed by atoms with Gasteiger partial charge in [-0.1, -0.05) is 5.21 Å². The fraction of sp³-hybridized carbons (Fsp3) is 0.368. The zero-order valence-electron chi connectivity index (χ0n) is 15.0. The van der Waals surface area contributed by atoms with Crippen LogP contribution in [-0.2, 0) is 0 Å². The van der Waals surface area contributed by atoms with Gasteiger partial charge in [0.2, 0.25) is 5.43 Å². The Bertz CT molecular complexity index is 1140. The van der Waals surface area contributed by atoms with Gasteiger partial charge in [0.1, 0.15) is 11.4 Å². The Labute approximate surface area is 158 Å². The summed E-state index contributed by atoms with van der Waals surface area (Å²) in [6.07, 6.45) is 7.46. The highest BCUT2D eigenvalue weighted by Gasteiger charge is 2.30. The summed E-state index contributed by atoms with van der Waals surface area (Å²) in [4.78, 5) is 25.9. The van der Waals surface area contributed by atoms with Gasteiger partial charge in [0.25, 0.3) is 0 Å². The van der Waals surface area contributed by atoms with Crippen LogP contribution in [-0.4, -0.2) is 43.7 Å². The summed E-state index contributed by atoms with van der Waals surface area (Å²) in [5.41, 5.74) is 0.0378. The maximum absolute atomic E-state index is 14.9. The van der Waals surface area contributed by atoms with Gasteiger partial charge >= 0.3 is 5.97 Å². The first-order chi connectivity index (χ1) is 13.5. The number of fused-ring (bicyclic) bond motifs is 1. The minimum atomic E-state index is -1.29. The molecule has 3 aromatic rings. The van der Waals surface area contributed by atoms with Crippen molar-refractivity contribution in [2.24, 2.45) is 0 Å². The van der Waals surface area contributed by atoms with Gasteiger partial charge in [-0.15, -0.1) is 5.10 Å². The molecule has 2 aliphatic rings. The fourth-order valence-electron chi connectivity index (χ4n) is 4.00. The van der Waals surface area contributed by atoms with E-state index in [2.05, 4.69) is 10.3 Å². The van der Waals surface area contributed by atoms with Gasteiger partial charge < -0.3 is 14.6 Å². The summed E-state index contributed by atoms with van der Waals surface area (Å²) in [6, 6.07) is 3.12. The first-order valence-corrected chi connectivity index (χ1v) is 9.25. The zero-order valence-corrected chi connectivity index (χ0v) is 15.0. The van der Waals surface area contributed by atoms with E-state index in [1.165, 1.54) is 12.3 Å². The average Bonchev–Trinajstić information content (AvgIpc) is 3.16. The summed E-state index contributed by atoms with van der Waals surface area (Å²) in [5, 5.41) is 17.3. The molecule has 1 saturated carbocycles. The number of benzene rings is 1. The third kappa shape index (κ3) is 2.65. The smallest absolute Gasteiger partial charge is 0.341 e. The first-order valence-electron chi connectivity index (χ1n) is 9.25. The van der Waals surface area contributed by atoms with E-state index in [0.29, 0.717) is 24.3 Å². The highest BCUT2D eigenvalue weighted by atomic mass is 19.1. The van der Waals surface area contributed by atoms with Crippen molar-refractivity contribution in [3.8, 4) is 0 Å². The predicted octanol–water partition coefficient (Wildman–Crippen LogP) is 2.22. The Morgan fingerprint density at radius 2 is 2.04 bits per heavy atom. The van der Waals surface area contributed by atoms with Gasteiger partial charge in [-0.3, -0.25) is 4.79 Å². The molecule has 2 aromatic heterocycles. The number of anilines is 1. The second-order valence-electron chi connectivity index (χ2n) is 7.41. The summed E-state index contributed by atoms with van der Waals surface area (Å²) in [5.74, 6) is -1.81. The van der Waals surface area contributed by atoms with E-state index in [-0.39, 0.29) is 23.0 Å². The molecule has 1 aromatic carbocycles. The van der Waals surface area contributed by atoms with Gasteiger partial charge in [0.05, 0.1) is 23.4 Å². The molecule has 0 radical (unpaired) electrons. The van der Waals surface area contributed by atoms with Crippen molar-refractivity contribution >= 4 is 22.6 Å². The van der Waals surface area contributed by atoms with Crippen molar-refractivity contribution in [1.82, 2.24) is 19.6 Å². The van der Waals surface area contributed by atoms with Crippen molar-refractivity contribution in [2.75, 3.05) is 18.0 Å². The first kappa shape index (κ1) is 16.9. The SMILES string of the molecule is O=C(O)c1cn(C2CC2)c2cc(N3CCC(n4ccnn4)C3)c(F)cc2c1=O. The molecule has 144 valence electrons. The maximum Gasteiger partial charge on any atom is 0.341 e. The normalized spacial score (nSPS) is 19.5. The Hall–Kier alpha value is -3.23. The largest absolute Gasteiger partial charge is 0.477 e. The molecule has 28 heavy (non-hydrogen) atoms. The van der Waals surface area contributed by atoms with Crippen LogP contribution in [0.4, 0.5) is 10.1 Å². The minimum absolute atomic E-state index is 0.109. The molecule has 1 aliphatic carbocycles. The number of carbonyl (C=O) groups is 1. The van der Waals surface area contributed by atoms with Crippen LogP contribution in [0.25, 0.3) is 10.9 Å². The topological polar surface area (TPSA) is 93.2 Å². The van der Waals surface area contributed by atoms with E-state index in [1.54, 1.807) is 23.1 Å². The molecule has 9 heteroatoms. The highest BCUT2D eigenvalue weighted by Crippen LogP contribution is 2.38. The number of aromatic carboxylic acids is 1. The Balaban J connectivity index is 1.60. The van der Waals surface area contributed by atoms with E-state index in [9.17, 15) is 19.1 Å². The van der Waals surface area contributed by atoms with Gasteiger partial charge in [-0.2, -0.15) is 0 Å². The van der Waals surface area contributed by atoms with Crippen LogP contribution in [0, 0.1) is 5.82 Å². The quantitative estimate of drug-likeness (QED) is 0.743. The molecule has 3 heterocycles. The zero-order chi connectivity index (χ0) is 19.4. The molecule has 1 atom stereocenters. The molecule has 2 fully saturated rings. The predicted molar refractivity (Wildman–Crippen MR) is 99.3 cm³/mol. The third-order valence-corrected chi connectivity index (χ3v) is 5.59. The van der Waals surface area contributed by atoms with Gasteiger partial charge in [0, 0.05) is 36.9 Å². The lowest BCUT2D eigenvalue weighted by molar-refractivity contribution is 0.0695. The average molecular weight is 383 g/mol. The number of carboxylic acids is 1. The molecule has 1 N–H and O–H groups in total. The van der Waals surface area contributed by atoms with Crippen LogP contribution in [0.5, 0.6) is 0 Å². The van der Waals surface area contributed by atoms with Crippen molar-refractivity contribution in [1.29, 1.82) is 0 Å². The van der Waals surface area contributed by atoms with Crippen molar-refractivity contribution < 1.29 is 14.3 Å². The molecule has 8 nitrogen and oxygen atoms in total. The number of pyridine rings is 1. The Morgan fingerprint density at radius 1 is 1.21 bits per heavy atom. The standard InChI is InChI=1S/C19H18FN5O3/c20-15-7-13-16(24(11-1-2-11)10-14(18(13)26)19(27)28)8-17(15)23-5-3-12(9-23)25-6-4-21-22-25/h4,6-8,10-12H,1-3,5,9H2,(H,27,28). The van der Waals surface area contributed by atoms with Gasteiger partial charge in [-0.05, 0) is 31.4 Å². The second-order valence-corrected chi connectivity index (χ2v) is 7.41. The van der Waals surface area contributed by atoms with Gasteiger partial charge in [-0.25, -0.2) is 13.9 Å². The number of carboxylic acid groups (broad SMARTS) is 1. The number of hydrogen-bond donors (Lipinski definition) is 1. The van der Waals surface area contributed by atoms with E-state index in [4.69, 9.17) is 0 Å². The number of hydrogen-bond acceptors (Lipinski definition) is 5. The lowest BCUT2D eigenvalue weighted by Crippen LogP contribution is -2.23. The molecule has 1 saturated heterocycles. The molecule has 1 unspecified atom stereocenters. The van der Waals surface area contributed by atoms with Crippen LogP contribution in [0.1, 0.15) is 41.7 Å². The maximum atomic E-state index is 14.9. The summed E-state index contributed by atoms with van der Waals surface area (Å²) in [6.45, 7) is 1.25. The van der Waals surface area contributed by atoms with E-state index in [0.717, 1.165) is 19.3 Å². The van der Waals surface area contributed by atoms with Crippen LogP contribution in [0.2, 0.25) is 0 Å². The van der Waals surface area contributed by atoms with Crippen molar-refractivity contribution in [2.45, 2.75) is 31.3 Å². The Kier molecular flexibility index (Phi) is 3.71. The molecule has 0 spiro atoms. The minimum Gasteiger partial charge on any atom is -0.477 e. The van der Waals surface area contributed by atoms with Gasteiger partial charge in [0.15, 0.2) is 0 Å².